The zero-order chi connectivity index (χ0) is 17.9. The van der Waals surface area contributed by atoms with Crippen LogP contribution < -0.4 is 10.1 Å². The third-order valence-corrected chi connectivity index (χ3v) is 5.43. The molecule has 2 aromatic rings. The quantitative estimate of drug-likeness (QED) is 0.880. The molecule has 8 heteroatoms. The van der Waals surface area contributed by atoms with Gasteiger partial charge in [0.15, 0.2) is 0 Å². The molecule has 1 N–H and O–H groups in total. The van der Waals surface area contributed by atoms with Crippen molar-refractivity contribution in [3.8, 4) is 5.75 Å². The normalized spacial score (nSPS) is 11.4. The summed E-state index contributed by atoms with van der Waals surface area (Å²) < 4.78 is 30.6. The molecule has 128 valence electrons. The molecule has 1 amide bonds. The molecular formula is C16H17ClN2O4S. The van der Waals surface area contributed by atoms with Gasteiger partial charge in [-0.05, 0) is 30.3 Å². The van der Waals surface area contributed by atoms with Crippen molar-refractivity contribution in [3.63, 3.8) is 0 Å². The van der Waals surface area contributed by atoms with Crippen molar-refractivity contribution in [2.24, 2.45) is 0 Å². The van der Waals surface area contributed by atoms with Gasteiger partial charge in [0.2, 0.25) is 10.0 Å². The first-order valence-electron chi connectivity index (χ1n) is 6.93. The molecule has 0 saturated heterocycles. The average molecular weight is 369 g/mol. The third-order valence-electron chi connectivity index (χ3n) is 3.29. The minimum Gasteiger partial charge on any atom is -0.497 e. The van der Waals surface area contributed by atoms with Crippen molar-refractivity contribution in [1.29, 1.82) is 0 Å². The number of sulfonamides is 1. The predicted octanol–water partition coefficient (Wildman–Crippen LogP) is 2.85. The van der Waals surface area contributed by atoms with Crippen molar-refractivity contribution in [2.45, 2.75) is 4.90 Å². The summed E-state index contributed by atoms with van der Waals surface area (Å²) in [5.41, 5.74) is 0.582. The second kappa shape index (κ2) is 7.21. The van der Waals surface area contributed by atoms with E-state index in [1.807, 2.05) is 0 Å². The van der Waals surface area contributed by atoms with E-state index in [4.69, 9.17) is 16.3 Å². The van der Waals surface area contributed by atoms with E-state index in [1.165, 1.54) is 39.4 Å². The number of amides is 1. The molecular weight excluding hydrogens is 352 g/mol. The van der Waals surface area contributed by atoms with E-state index in [0.29, 0.717) is 11.4 Å². The molecule has 24 heavy (non-hydrogen) atoms. The molecule has 0 unspecified atom stereocenters. The Morgan fingerprint density at radius 2 is 1.88 bits per heavy atom. The average Bonchev–Trinajstić information content (AvgIpc) is 2.54. The van der Waals surface area contributed by atoms with E-state index < -0.39 is 15.9 Å². The molecule has 2 aromatic carbocycles. The van der Waals surface area contributed by atoms with Crippen LogP contribution in [0.3, 0.4) is 0 Å². The van der Waals surface area contributed by atoms with Gasteiger partial charge < -0.3 is 10.1 Å². The fourth-order valence-electron chi connectivity index (χ4n) is 1.95. The lowest BCUT2D eigenvalue weighted by atomic mass is 10.2. The van der Waals surface area contributed by atoms with Crippen LogP contribution >= 0.6 is 11.6 Å². The molecule has 0 aliphatic heterocycles. The molecule has 0 bridgehead atoms. The Balaban J connectivity index is 2.35. The summed E-state index contributed by atoms with van der Waals surface area (Å²) in [6, 6.07) is 10.8. The molecule has 0 aromatic heterocycles. The number of hydrogen-bond acceptors (Lipinski definition) is 4. The Hall–Kier alpha value is -2.09. The van der Waals surface area contributed by atoms with Gasteiger partial charge in [0.05, 0.1) is 22.6 Å². The van der Waals surface area contributed by atoms with Gasteiger partial charge >= 0.3 is 0 Å². The number of benzene rings is 2. The number of hydrogen-bond donors (Lipinski definition) is 1. The Morgan fingerprint density at radius 3 is 2.50 bits per heavy atom. The lowest BCUT2D eigenvalue weighted by molar-refractivity contribution is 0.102. The topological polar surface area (TPSA) is 75.7 Å². The molecule has 0 spiro atoms. The molecule has 0 fully saturated rings. The Morgan fingerprint density at radius 1 is 1.17 bits per heavy atom. The lowest BCUT2D eigenvalue weighted by Crippen LogP contribution is -2.23. The summed E-state index contributed by atoms with van der Waals surface area (Å²) in [6.07, 6.45) is 0. The van der Waals surface area contributed by atoms with Crippen LogP contribution in [-0.2, 0) is 10.0 Å². The van der Waals surface area contributed by atoms with E-state index in [-0.39, 0.29) is 15.5 Å². The number of halogens is 1. The largest absolute Gasteiger partial charge is 0.497 e. The number of rotatable bonds is 5. The van der Waals surface area contributed by atoms with Crippen LogP contribution in [0.2, 0.25) is 5.02 Å². The van der Waals surface area contributed by atoms with E-state index in [1.54, 1.807) is 24.3 Å². The van der Waals surface area contributed by atoms with Gasteiger partial charge in [-0.3, -0.25) is 4.79 Å². The van der Waals surface area contributed by atoms with E-state index in [0.717, 1.165) is 4.31 Å². The van der Waals surface area contributed by atoms with Gasteiger partial charge in [-0.15, -0.1) is 0 Å². The monoisotopic (exact) mass is 368 g/mol. The second-order valence-electron chi connectivity index (χ2n) is 5.12. The highest BCUT2D eigenvalue weighted by Crippen LogP contribution is 2.24. The van der Waals surface area contributed by atoms with Crippen molar-refractivity contribution in [3.05, 3.63) is 53.1 Å². The number of anilines is 1. The maximum atomic E-state index is 12.4. The number of nitrogens with zero attached hydrogens (tertiary/aromatic N) is 1. The SMILES string of the molecule is COc1cccc(NC(=O)c2cc(S(=O)(=O)N(C)C)ccc2Cl)c1. The van der Waals surface area contributed by atoms with Crippen LogP contribution in [0.1, 0.15) is 10.4 Å². The molecule has 6 nitrogen and oxygen atoms in total. The van der Waals surface area contributed by atoms with Gasteiger partial charge in [0.1, 0.15) is 5.75 Å². The van der Waals surface area contributed by atoms with Crippen LogP contribution in [-0.4, -0.2) is 39.8 Å². The fourth-order valence-corrected chi connectivity index (χ4v) is 3.08. The first kappa shape index (κ1) is 18.3. The molecule has 0 aliphatic carbocycles. The Kier molecular flexibility index (Phi) is 5.48. The number of ether oxygens (including phenoxy) is 1. The van der Waals surface area contributed by atoms with Gasteiger partial charge in [-0.25, -0.2) is 12.7 Å². The minimum absolute atomic E-state index is 0.00677. The van der Waals surface area contributed by atoms with Crippen LogP contribution in [0, 0.1) is 0 Å². The predicted molar refractivity (Wildman–Crippen MR) is 93.3 cm³/mol. The zero-order valence-electron chi connectivity index (χ0n) is 13.4. The van der Waals surface area contributed by atoms with Gasteiger partial charge in [-0.1, -0.05) is 17.7 Å². The number of carbonyl (C=O) groups is 1. The minimum atomic E-state index is -3.66. The molecule has 0 atom stereocenters. The summed E-state index contributed by atoms with van der Waals surface area (Å²) in [5.74, 6) is 0.0758. The van der Waals surface area contributed by atoms with Crippen LogP contribution in [0.4, 0.5) is 5.69 Å². The highest BCUT2D eigenvalue weighted by molar-refractivity contribution is 7.89. The second-order valence-corrected chi connectivity index (χ2v) is 7.67. The van der Waals surface area contributed by atoms with Crippen LogP contribution in [0.15, 0.2) is 47.4 Å². The van der Waals surface area contributed by atoms with Gasteiger partial charge in [0, 0.05) is 25.8 Å². The van der Waals surface area contributed by atoms with Crippen molar-refractivity contribution in [2.75, 3.05) is 26.5 Å². The fraction of sp³-hybridized carbons (Fsp3) is 0.188. The number of methoxy groups -OCH3 is 1. The zero-order valence-corrected chi connectivity index (χ0v) is 15.0. The van der Waals surface area contributed by atoms with Crippen molar-refractivity contribution >= 4 is 33.2 Å². The summed E-state index contributed by atoms with van der Waals surface area (Å²) in [4.78, 5) is 12.4. The maximum absolute atomic E-state index is 12.4. The smallest absolute Gasteiger partial charge is 0.257 e. The van der Waals surface area contributed by atoms with Gasteiger partial charge in [0.25, 0.3) is 5.91 Å². The Labute approximate surface area is 146 Å². The highest BCUT2D eigenvalue weighted by atomic mass is 35.5. The van der Waals surface area contributed by atoms with E-state index in [9.17, 15) is 13.2 Å². The lowest BCUT2D eigenvalue weighted by Gasteiger charge is -2.13. The van der Waals surface area contributed by atoms with Crippen LogP contribution in [0.5, 0.6) is 5.75 Å². The van der Waals surface area contributed by atoms with Gasteiger partial charge in [-0.2, -0.15) is 0 Å². The van der Waals surface area contributed by atoms with Crippen molar-refractivity contribution in [1.82, 2.24) is 4.31 Å². The van der Waals surface area contributed by atoms with Crippen molar-refractivity contribution < 1.29 is 17.9 Å². The summed E-state index contributed by atoms with van der Waals surface area (Å²) in [6.45, 7) is 0. The highest BCUT2D eigenvalue weighted by Gasteiger charge is 2.20. The third kappa shape index (κ3) is 3.87. The molecule has 0 heterocycles. The molecule has 2 rings (SSSR count). The first-order valence-corrected chi connectivity index (χ1v) is 8.75. The molecule has 0 radical (unpaired) electrons. The summed E-state index contributed by atoms with van der Waals surface area (Å²) >= 11 is 6.05. The summed E-state index contributed by atoms with van der Waals surface area (Å²) in [7, 11) is 0.696. The Bertz CT molecular complexity index is 866. The number of nitrogens with one attached hydrogen (secondary N) is 1. The van der Waals surface area contributed by atoms with E-state index in [2.05, 4.69) is 5.32 Å². The molecule has 0 aliphatic rings. The molecule has 0 saturated carbocycles. The standard InChI is InChI=1S/C16H17ClN2O4S/c1-19(2)24(21,22)13-7-8-15(17)14(10-13)16(20)18-11-5-4-6-12(9-11)23-3/h4-10H,1-3H3,(H,18,20). The van der Waals surface area contributed by atoms with Crippen LogP contribution in [0.25, 0.3) is 0 Å². The number of carbonyl (C=O) groups excluding carboxylic acids is 1. The first-order chi connectivity index (χ1) is 11.3. The maximum Gasteiger partial charge on any atom is 0.257 e. The van der Waals surface area contributed by atoms with E-state index >= 15 is 0 Å². The summed E-state index contributed by atoms with van der Waals surface area (Å²) in [5, 5.41) is 2.83.